The summed E-state index contributed by atoms with van der Waals surface area (Å²) in [5.74, 6) is -0.269. The molecule has 24 heavy (non-hydrogen) atoms. The Balaban J connectivity index is 1.77. The summed E-state index contributed by atoms with van der Waals surface area (Å²) >= 11 is 6.32. The first-order chi connectivity index (χ1) is 11.6. The Labute approximate surface area is 146 Å². The molecular formula is C17H22ClFN4O. The van der Waals surface area contributed by atoms with Crippen molar-refractivity contribution in [3.05, 3.63) is 52.6 Å². The van der Waals surface area contributed by atoms with Gasteiger partial charge in [0.1, 0.15) is 5.82 Å². The van der Waals surface area contributed by atoms with Gasteiger partial charge in [0.15, 0.2) is 0 Å². The van der Waals surface area contributed by atoms with E-state index in [1.54, 1.807) is 18.3 Å². The highest BCUT2D eigenvalue weighted by Crippen LogP contribution is 2.31. The number of ether oxygens (including phenoxy) is 1. The molecule has 2 heterocycles. The lowest BCUT2D eigenvalue weighted by Gasteiger charge is -2.38. The van der Waals surface area contributed by atoms with Crippen molar-refractivity contribution in [3.63, 3.8) is 0 Å². The monoisotopic (exact) mass is 352 g/mol. The molecule has 1 aliphatic rings. The van der Waals surface area contributed by atoms with Crippen LogP contribution >= 0.6 is 11.6 Å². The van der Waals surface area contributed by atoms with Gasteiger partial charge in [-0.15, -0.1) is 0 Å². The van der Waals surface area contributed by atoms with E-state index in [-0.39, 0.29) is 18.0 Å². The lowest BCUT2D eigenvalue weighted by molar-refractivity contribution is -0.0349. The smallest absolute Gasteiger partial charge is 0.129 e. The molecular weight excluding hydrogens is 331 g/mol. The zero-order valence-corrected chi connectivity index (χ0v) is 14.4. The molecule has 0 bridgehead atoms. The molecule has 1 aromatic carbocycles. The van der Waals surface area contributed by atoms with Crippen molar-refractivity contribution in [1.29, 1.82) is 0 Å². The van der Waals surface area contributed by atoms with Crippen molar-refractivity contribution in [2.24, 2.45) is 0 Å². The topological polar surface area (TPSA) is 53.2 Å². The van der Waals surface area contributed by atoms with Crippen LogP contribution in [0.1, 0.15) is 24.2 Å². The van der Waals surface area contributed by atoms with E-state index in [9.17, 15) is 4.39 Å². The van der Waals surface area contributed by atoms with Crippen LogP contribution in [-0.4, -0.2) is 47.4 Å². The van der Waals surface area contributed by atoms with Crippen LogP contribution in [0.15, 0.2) is 30.5 Å². The molecule has 0 amide bonds. The first-order valence-electron chi connectivity index (χ1n) is 8.13. The van der Waals surface area contributed by atoms with Gasteiger partial charge in [0.2, 0.25) is 0 Å². The summed E-state index contributed by atoms with van der Waals surface area (Å²) in [4.78, 5) is 2.23. The average Bonchev–Trinajstić information content (AvgIpc) is 3.06. The predicted molar refractivity (Wildman–Crippen MR) is 91.4 cm³/mol. The molecule has 2 atom stereocenters. The number of nitrogens with zero attached hydrogens (tertiary/aromatic N) is 2. The highest BCUT2D eigenvalue weighted by molar-refractivity contribution is 6.31. The summed E-state index contributed by atoms with van der Waals surface area (Å²) in [6.07, 6.45) is 1.84. The molecule has 5 nitrogen and oxygen atoms in total. The fraction of sp³-hybridized carbons (Fsp3) is 0.471. The first kappa shape index (κ1) is 17.4. The Hall–Kier alpha value is -1.47. The molecule has 2 aromatic rings. The number of aromatic nitrogens is 2. The summed E-state index contributed by atoms with van der Waals surface area (Å²) in [5.41, 5.74) is 1.54. The van der Waals surface area contributed by atoms with Gasteiger partial charge in [0, 0.05) is 48.7 Å². The van der Waals surface area contributed by atoms with Gasteiger partial charge in [-0.2, -0.15) is 5.10 Å². The molecule has 0 radical (unpaired) electrons. The van der Waals surface area contributed by atoms with E-state index in [4.69, 9.17) is 16.3 Å². The van der Waals surface area contributed by atoms with Crippen LogP contribution in [-0.2, 0) is 11.3 Å². The summed E-state index contributed by atoms with van der Waals surface area (Å²) in [6, 6.07) is 6.61. The lowest BCUT2D eigenvalue weighted by Crippen LogP contribution is -2.46. The molecule has 130 valence electrons. The van der Waals surface area contributed by atoms with Crippen LogP contribution in [0.25, 0.3) is 0 Å². The zero-order chi connectivity index (χ0) is 16.9. The Morgan fingerprint density at radius 3 is 3.08 bits per heavy atom. The molecule has 7 heteroatoms. The van der Waals surface area contributed by atoms with Crippen LogP contribution in [0.3, 0.4) is 0 Å². The van der Waals surface area contributed by atoms with E-state index in [2.05, 4.69) is 20.4 Å². The van der Waals surface area contributed by atoms with Crippen molar-refractivity contribution >= 4 is 11.6 Å². The summed E-state index contributed by atoms with van der Waals surface area (Å²) in [6.45, 7) is 5.41. The fourth-order valence-corrected chi connectivity index (χ4v) is 3.39. The minimum atomic E-state index is -0.269. The number of H-pyrrole nitrogens is 1. The lowest BCUT2D eigenvalue weighted by atomic mass is 10.0. The van der Waals surface area contributed by atoms with Crippen molar-refractivity contribution < 1.29 is 9.13 Å². The number of rotatable bonds is 6. The molecule has 2 unspecified atom stereocenters. The zero-order valence-electron chi connectivity index (χ0n) is 13.6. The number of hydrogen-bond acceptors (Lipinski definition) is 4. The largest absolute Gasteiger partial charge is 0.376 e. The van der Waals surface area contributed by atoms with E-state index in [0.717, 1.165) is 18.8 Å². The maximum Gasteiger partial charge on any atom is 0.129 e. The van der Waals surface area contributed by atoms with Gasteiger partial charge < -0.3 is 10.1 Å². The van der Waals surface area contributed by atoms with Gasteiger partial charge in [0.25, 0.3) is 0 Å². The van der Waals surface area contributed by atoms with Gasteiger partial charge >= 0.3 is 0 Å². The molecule has 0 aliphatic carbocycles. The van der Waals surface area contributed by atoms with E-state index in [1.807, 2.05) is 13.0 Å². The SMILES string of the molecule is CC1CN(C(CNCc2ccn[nH]2)c2c(F)cccc2Cl)CCO1. The molecule has 2 N–H and O–H groups in total. The Morgan fingerprint density at radius 1 is 1.50 bits per heavy atom. The molecule has 0 saturated carbocycles. The number of benzene rings is 1. The Bertz CT molecular complexity index is 632. The maximum absolute atomic E-state index is 14.5. The van der Waals surface area contributed by atoms with E-state index in [0.29, 0.717) is 30.3 Å². The van der Waals surface area contributed by atoms with Crippen molar-refractivity contribution in [2.75, 3.05) is 26.2 Å². The quantitative estimate of drug-likeness (QED) is 0.839. The van der Waals surface area contributed by atoms with Crippen LogP contribution in [0.4, 0.5) is 4.39 Å². The maximum atomic E-state index is 14.5. The second kappa shape index (κ2) is 8.07. The number of halogens is 2. The van der Waals surface area contributed by atoms with Crippen molar-refractivity contribution in [1.82, 2.24) is 20.4 Å². The van der Waals surface area contributed by atoms with Gasteiger partial charge in [-0.05, 0) is 25.1 Å². The third-order valence-electron chi connectivity index (χ3n) is 4.26. The van der Waals surface area contributed by atoms with Gasteiger partial charge in [-0.3, -0.25) is 10.00 Å². The first-order valence-corrected chi connectivity index (χ1v) is 8.51. The highest BCUT2D eigenvalue weighted by atomic mass is 35.5. The van der Waals surface area contributed by atoms with Crippen molar-refractivity contribution in [3.8, 4) is 0 Å². The van der Waals surface area contributed by atoms with Crippen LogP contribution < -0.4 is 5.32 Å². The van der Waals surface area contributed by atoms with Crippen molar-refractivity contribution in [2.45, 2.75) is 25.6 Å². The van der Waals surface area contributed by atoms with Gasteiger partial charge in [-0.1, -0.05) is 17.7 Å². The normalized spacial score (nSPS) is 20.2. The summed E-state index contributed by atoms with van der Waals surface area (Å²) < 4.78 is 20.1. The minimum Gasteiger partial charge on any atom is -0.376 e. The van der Waals surface area contributed by atoms with Crippen LogP contribution in [0.5, 0.6) is 0 Å². The molecule has 1 saturated heterocycles. The molecule has 0 spiro atoms. The summed E-state index contributed by atoms with van der Waals surface area (Å²) in [5, 5.41) is 10.7. The number of morpholine rings is 1. The fourth-order valence-electron chi connectivity index (χ4n) is 3.10. The van der Waals surface area contributed by atoms with E-state index < -0.39 is 0 Å². The second-order valence-electron chi connectivity index (χ2n) is 6.04. The highest BCUT2D eigenvalue weighted by Gasteiger charge is 2.28. The molecule has 1 aliphatic heterocycles. The molecule has 1 fully saturated rings. The van der Waals surface area contributed by atoms with Gasteiger partial charge in [0.05, 0.1) is 18.8 Å². The number of nitrogens with one attached hydrogen (secondary N) is 2. The number of aromatic amines is 1. The predicted octanol–water partition coefficient (Wildman–Crippen LogP) is 2.75. The van der Waals surface area contributed by atoms with E-state index in [1.165, 1.54) is 6.07 Å². The molecule has 3 rings (SSSR count). The van der Waals surface area contributed by atoms with E-state index >= 15 is 0 Å². The minimum absolute atomic E-state index is 0.124. The summed E-state index contributed by atoms with van der Waals surface area (Å²) in [7, 11) is 0. The van der Waals surface area contributed by atoms with Gasteiger partial charge in [-0.25, -0.2) is 4.39 Å². The second-order valence-corrected chi connectivity index (χ2v) is 6.45. The average molecular weight is 353 g/mol. The van der Waals surface area contributed by atoms with Crippen LogP contribution in [0.2, 0.25) is 5.02 Å². The van der Waals surface area contributed by atoms with Crippen LogP contribution in [0, 0.1) is 5.82 Å². The third-order valence-corrected chi connectivity index (χ3v) is 4.59. The third kappa shape index (κ3) is 4.13. The Kier molecular flexibility index (Phi) is 5.84. The molecule has 1 aromatic heterocycles. The Morgan fingerprint density at radius 2 is 2.38 bits per heavy atom. The standard InChI is InChI=1S/C17H22ClFN4O/c1-12-11-23(7-8-24-12)16(10-20-9-13-5-6-21-22-13)17-14(18)3-2-4-15(17)19/h2-6,12,16,20H,7-11H2,1H3,(H,21,22). The number of hydrogen-bond donors (Lipinski definition) is 2.